The molecule has 6 heteroatoms. The minimum atomic E-state index is -1.23. The van der Waals surface area contributed by atoms with E-state index in [1.54, 1.807) is 0 Å². The SMILES string of the molecule is NC(=O)CC(O)C(O)c1ccnc(N)c1. The number of hydrogen-bond acceptors (Lipinski definition) is 5. The van der Waals surface area contributed by atoms with Gasteiger partial charge in [0.25, 0.3) is 0 Å². The Labute approximate surface area is 86.5 Å². The van der Waals surface area contributed by atoms with Gasteiger partial charge in [-0.3, -0.25) is 4.79 Å². The highest BCUT2D eigenvalue weighted by molar-refractivity contribution is 5.74. The van der Waals surface area contributed by atoms with E-state index < -0.39 is 18.1 Å². The van der Waals surface area contributed by atoms with E-state index in [2.05, 4.69) is 4.98 Å². The van der Waals surface area contributed by atoms with E-state index in [4.69, 9.17) is 11.5 Å². The summed E-state index contributed by atoms with van der Waals surface area (Å²) < 4.78 is 0. The molecule has 0 radical (unpaired) electrons. The van der Waals surface area contributed by atoms with Crippen molar-refractivity contribution in [3.63, 3.8) is 0 Å². The summed E-state index contributed by atoms with van der Waals surface area (Å²) in [6.07, 6.45) is -1.32. The van der Waals surface area contributed by atoms with Crippen LogP contribution in [0.2, 0.25) is 0 Å². The van der Waals surface area contributed by atoms with Crippen LogP contribution in [0.4, 0.5) is 5.82 Å². The summed E-state index contributed by atoms with van der Waals surface area (Å²) in [6.45, 7) is 0. The average Bonchev–Trinajstić information content (AvgIpc) is 2.15. The number of aliphatic hydroxyl groups excluding tert-OH is 2. The van der Waals surface area contributed by atoms with Crippen LogP contribution in [0, 0.1) is 0 Å². The van der Waals surface area contributed by atoms with Crippen LogP contribution >= 0.6 is 0 Å². The van der Waals surface area contributed by atoms with E-state index in [-0.39, 0.29) is 12.2 Å². The Hall–Kier alpha value is -1.66. The molecule has 6 N–H and O–H groups in total. The Kier molecular flexibility index (Phi) is 3.59. The van der Waals surface area contributed by atoms with E-state index in [1.165, 1.54) is 18.3 Å². The minimum Gasteiger partial charge on any atom is -0.390 e. The van der Waals surface area contributed by atoms with E-state index in [0.717, 1.165) is 0 Å². The Bertz CT molecular complexity index is 356. The van der Waals surface area contributed by atoms with Crippen molar-refractivity contribution < 1.29 is 15.0 Å². The fourth-order valence-electron chi connectivity index (χ4n) is 1.19. The zero-order chi connectivity index (χ0) is 11.4. The van der Waals surface area contributed by atoms with Crippen molar-refractivity contribution in [2.45, 2.75) is 18.6 Å². The number of nitrogen functional groups attached to an aromatic ring is 1. The molecule has 0 fully saturated rings. The zero-order valence-electron chi connectivity index (χ0n) is 8.00. The van der Waals surface area contributed by atoms with Crippen LogP contribution in [0.5, 0.6) is 0 Å². The normalized spacial score (nSPS) is 14.5. The molecule has 1 heterocycles. The van der Waals surface area contributed by atoms with Gasteiger partial charge in [0.15, 0.2) is 0 Å². The molecule has 15 heavy (non-hydrogen) atoms. The van der Waals surface area contributed by atoms with Crippen LogP contribution < -0.4 is 11.5 Å². The number of aromatic nitrogens is 1. The third kappa shape index (κ3) is 3.19. The smallest absolute Gasteiger partial charge is 0.220 e. The molecule has 2 unspecified atom stereocenters. The second-order valence-corrected chi connectivity index (χ2v) is 3.20. The van der Waals surface area contributed by atoms with E-state index in [9.17, 15) is 15.0 Å². The summed E-state index contributed by atoms with van der Waals surface area (Å²) in [5.41, 5.74) is 10.7. The van der Waals surface area contributed by atoms with Gasteiger partial charge in [0.2, 0.25) is 5.91 Å². The molecule has 2 atom stereocenters. The van der Waals surface area contributed by atoms with Gasteiger partial charge in [0, 0.05) is 6.20 Å². The van der Waals surface area contributed by atoms with Gasteiger partial charge in [0.1, 0.15) is 11.9 Å². The Morgan fingerprint density at radius 3 is 2.73 bits per heavy atom. The minimum absolute atomic E-state index is 0.234. The number of pyridine rings is 1. The quantitative estimate of drug-likeness (QED) is 0.505. The first-order chi connectivity index (χ1) is 7.00. The highest BCUT2D eigenvalue weighted by atomic mass is 16.3. The summed E-state index contributed by atoms with van der Waals surface area (Å²) in [7, 11) is 0. The average molecular weight is 211 g/mol. The van der Waals surface area contributed by atoms with Crippen LogP contribution in [-0.4, -0.2) is 27.2 Å². The lowest BCUT2D eigenvalue weighted by Gasteiger charge is -2.16. The number of amides is 1. The number of carbonyl (C=O) groups is 1. The van der Waals surface area contributed by atoms with Crippen LogP contribution in [0.1, 0.15) is 18.1 Å². The predicted molar refractivity (Wildman–Crippen MR) is 53.4 cm³/mol. The van der Waals surface area contributed by atoms with Crippen molar-refractivity contribution in [1.82, 2.24) is 4.98 Å². The molecular weight excluding hydrogens is 198 g/mol. The molecule has 0 aliphatic heterocycles. The number of hydrogen-bond donors (Lipinski definition) is 4. The van der Waals surface area contributed by atoms with Gasteiger partial charge in [-0.2, -0.15) is 0 Å². The Balaban J connectivity index is 2.75. The number of anilines is 1. The number of primary amides is 1. The largest absolute Gasteiger partial charge is 0.390 e. The van der Waals surface area contributed by atoms with E-state index in [0.29, 0.717) is 5.56 Å². The van der Waals surface area contributed by atoms with Crippen molar-refractivity contribution >= 4 is 11.7 Å². The van der Waals surface area contributed by atoms with Crippen molar-refractivity contribution in [3.05, 3.63) is 23.9 Å². The molecule has 0 spiro atoms. The molecule has 1 amide bonds. The van der Waals surface area contributed by atoms with Crippen molar-refractivity contribution in [1.29, 1.82) is 0 Å². The standard InChI is InChI=1S/C9H13N3O3/c10-7-3-5(1-2-12-7)9(15)6(13)4-8(11)14/h1-3,6,9,13,15H,4H2,(H2,10,12)(H2,11,14). The predicted octanol–water partition coefficient (Wildman–Crippen LogP) is -1.07. The molecule has 1 aromatic heterocycles. The molecule has 0 saturated carbocycles. The summed E-state index contributed by atoms with van der Waals surface area (Å²) in [5, 5.41) is 19.0. The van der Waals surface area contributed by atoms with Gasteiger partial charge < -0.3 is 21.7 Å². The molecule has 0 aliphatic rings. The first-order valence-corrected chi connectivity index (χ1v) is 4.36. The lowest BCUT2D eigenvalue weighted by Crippen LogP contribution is -2.25. The molecule has 1 rings (SSSR count). The highest BCUT2D eigenvalue weighted by Crippen LogP contribution is 2.19. The van der Waals surface area contributed by atoms with Crippen LogP contribution in [0.25, 0.3) is 0 Å². The van der Waals surface area contributed by atoms with Gasteiger partial charge in [-0.05, 0) is 17.7 Å². The maximum atomic E-state index is 10.5. The summed E-state index contributed by atoms with van der Waals surface area (Å²) in [5.74, 6) is -0.443. The fraction of sp³-hybridized carbons (Fsp3) is 0.333. The maximum Gasteiger partial charge on any atom is 0.220 e. The number of carbonyl (C=O) groups excluding carboxylic acids is 1. The number of aliphatic hydroxyl groups is 2. The van der Waals surface area contributed by atoms with E-state index >= 15 is 0 Å². The van der Waals surface area contributed by atoms with Crippen LogP contribution in [0.15, 0.2) is 18.3 Å². The maximum absolute atomic E-state index is 10.5. The van der Waals surface area contributed by atoms with Crippen LogP contribution in [0.3, 0.4) is 0 Å². The van der Waals surface area contributed by atoms with Crippen molar-refractivity contribution in [2.75, 3.05) is 5.73 Å². The van der Waals surface area contributed by atoms with Gasteiger partial charge >= 0.3 is 0 Å². The zero-order valence-corrected chi connectivity index (χ0v) is 8.00. The summed E-state index contributed by atoms with van der Waals surface area (Å²) in [4.78, 5) is 14.3. The molecule has 0 aliphatic carbocycles. The Morgan fingerprint density at radius 1 is 1.53 bits per heavy atom. The molecule has 0 bridgehead atoms. The van der Waals surface area contributed by atoms with Gasteiger partial charge in [0.05, 0.1) is 12.5 Å². The second kappa shape index (κ2) is 4.72. The topological polar surface area (TPSA) is 122 Å². The van der Waals surface area contributed by atoms with Gasteiger partial charge in [-0.25, -0.2) is 4.98 Å². The number of nitrogens with zero attached hydrogens (tertiary/aromatic N) is 1. The summed E-state index contributed by atoms with van der Waals surface area (Å²) in [6, 6.07) is 2.93. The first-order valence-electron chi connectivity index (χ1n) is 4.36. The summed E-state index contributed by atoms with van der Waals surface area (Å²) >= 11 is 0. The van der Waals surface area contributed by atoms with Crippen LogP contribution in [-0.2, 0) is 4.79 Å². The third-order valence-electron chi connectivity index (χ3n) is 1.92. The lowest BCUT2D eigenvalue weighted by molar-refractivity contribution is -0.121. The molecular formula is C9H13N3O3. The molecule has 0 aromatic carbocycles. The second-order valence-electron chi connectivity index (χ2n) is 3.20. The van der Waals surface area contributed by atoms with Gasteiger partial charge in [-0.15, -0.1) is 0 Å². The van der Waals surface area contributed by atoms with Crippen molar-refractivity contribution in [3.8, 4) is 0 Å². The molecule has 82 valence electrons. The molecule has 0 saturated heterocycles. The lowest BCUT2D eigenvalue weighted by atomic mass is 10.0. The van der Waals surface area contributed by atoms with Crippen molar-refractivity contribution in [2.24, 2.45) is 5.73 Å². The monoisotopic (exact) mass is 211 g/mol. The fourth-order valence-corrected chi connectivity index (χ4v) is 1.19. The third-order valence-corrected chi connectivity index (χ3v) is 1.92. The Morgan fingerprint density at radius 2 is 2.20 bits per heavy atom. The van der Waals surface area contributed by atoms with Gasteiger partial charge in [-0.1, -0.05) is 0 Å². The highest BCUT2D eigenvalue weighted by Gasteiger charge is 2.20. The number of rotatable bonds is 4. The molecule has 6 nitrogen and oxygen atoms in total. The first kappa shape index (κ1) is 11.4. The molecule has 1 aromatic rings. The number of nitrogens with two attached hydrogens (primary N) is 2. The van der Waals surface area contributed by atoms with E-state index in [1.807, 2.05) is 0 Å².